The zero-order chi connectivity index (χ0) is 19.1. The van der Waals surface area contributed by atoms with Gasteiger partial charge in [0, 0.05) is 38.4 Å². The van der Waals surface area contributed by atoms with Crippen molar-refractivity contribution in [3.8, 4) is 5.75 Å². The maximum Gasteiger partial charge on any atom is 0.242 e. The number of likely N-dealkylation sites (tertiary alicyclic amines) is 1. The van der Waals surface area contributed by atoms with Gasteiger partial charge in [-0.15, -0.1) is 0 Å². The van der Waals surface area contributed by atoms with E-state index in [0.717, 1.165) is 29.7 Å². The number of hydrogen-bond donors (Lipinski definition) is 0. The SMILES string of the molecule is COc1ccc(CN(Cc2ccncc2)C(=O)CN2CCCCC2=O)cc1. The Kier molecular flexibility index (Phi) is 6.41. The lowest BCUT2D eigenvalue weighted by Gasteiger charge is -2.30. The van der Waals surface area contributed by atoms with Crippen molar-refractivity contribution >= 4 is 11.8 Å². The van der Waals surface area contributed by atoms with Crippen LogP contribution in [0.2, 0.25) is 0 Å². The van der Waals surface area contributed by atoms with Gasteiger partial charge in [0.2, 0.25) is 11.8 Å². The minimum absolute atomic E-state index is 0.0436. The van der Waals surface area contributed by atoms with E-state index in [9.17, 15) is 9.59 Å². The molecule has 0 spiro atoms. The second kappa shape index (κ2) is 9.16. The molecular weight excluding hydrogens is 342 g/mol. The lowest BCUT2D eigenvalue weighted by atomic mass is 10.1. The number of amides is 2. The number of rotatable bonds is 7. The number of methoxy groups -OCH3 is 1. The summed E-state index contributed by atoms with van der Waals surface area (Å²) in [4.78, 5) is 32.6. The Morgan fingerprint density at radius 3 is 2.37 bits per heavy atom. The smallest absolute Gasteiger partial charge is 0.242 e. The van der Waals surface area contributed by atoms with Crippen LogP contribution in [-0.4, -0.2) is 46.8 Å². The molecule has 6 heteroatoms. The first-order valence-corrected chi connectivity index (χ1v) is 9.23. The van der Waals surface area contributed by atoms with Crippen LogP contribution in [0.15, 0.2) is 48.8 Å². The Morgan fingerprint density at radius 1 is 1.07 bits per heavy atom. The van der Waals surface area contributed by atoms with Crippen LogP contribution in [0.1, 0.15) is 30.4 Å². The van der Waals surface area contributed by atoms with Gasteiger partial charge in [0.15, 0.2) is 0 Å². The molecule has 0 aliphatic carbocycles. The van der Waals surface area contributed by atoms with E-state index in [0.29, 0.717) is 26.1 Å². The first-order valence-electron chi connectivity index (χ1n) is 9.23. The summed E-state index contributed by atoms with van der Waals surface area (Å²) in [5.74, 6) is 0.811. The maximum absolute atomic E-state index is 13.0. The zero-order valence-electron chi connectivity index (χ0n) is 15.6. The molecule has 0 bridgehead atoms. The van der Waals surface area contributed by atoms with Crippen molar-refractivity contribution < 1.29 is 14.3 Å². The van der Waals surface area contributed by atoms with Gasteiger partial charge < -0.3 is 14.5 Å². The maximum atomic E-state index is 13.0. The number of nitrogens with zero attached hydrogens (tertiary/aromatic N) is 3. The van der Waals surface area contributed by atoms with Crippen LogP contribution < -0.4 is 4.74 Å². The lowest BCUT2D eigenvalue weighted by molar-refractivity contribution is -0.142. The first kappa shape index (κ1) is 18.9. The fraction of sp³-hybridized carbons (Fsp3) is 0.381. The topological polar surface area (TPSA) is 62.7 Å². The Labute approximate surface area is 159 Å². The molecule has 2 aromatic rings. The fourth-order valence-electron chi connectivity index (χ4n) is 3.18. The summed E-state index contributed by atoms with van der Waals surface area (Å²) in [5.41, 5.74) is 2.03. The second-order valence-corrected chi connectivity index (χ2v) is 6.73. The molecule has 2 heterocycles. The zero-order valence-corrected chi connectivity index (χ0v) is 15.6. The van der Waals surface area contributed by atoms with E-state index in [4.69, 9.17) is 4.74 Å². The third-order valence-electron chi connectivity index (χ3n) is 4.76. The molecule has 1 aromatic carbocycles. The van der Waals surface area contributed by atoms with E-state index in [1.165, 1.54) is 0 Å². The standard InChI is InChI=1S/C21H25N3O3/c1-27-19-7-5-17(6-8-19)14-24(15-18-9-11-22-12-10-18)21(26)16-23-13-3-2-4-20(23)25/h5-12H,2-4,13-16H2,1H3. The molecule has 6 nitrogen and oxygen atoms in total. The number of carbonyl (C=O) groups excluding carboxylic acids is 2. The fourth-order valence-corrected chi connectivity index (χ4v) is 3.18. The molecular formula is C21H25N3O3. The summed E-state index contributed by atoms with van der Waals surface area (Å²) in [7, 11) is 1.63. The highest BCUT2D eigenvalue weighted by molar-refractivity contribution is 5.85. The van der Waals surface area contributed by atoms with Crippen LogP contribution in [0.3, 0.4) is 0 Å². The molecule has 1 saturated heterocycles. The molecule has 0 atom stereocenters. The monoisotopic (exact) mass is 367 g/mol. The van der Waals surface area contributed by atoms with Crippen molar-refractivity contribution in [2.75, 3.05) is 20.2 Å². The Balaban J connectivity index is 1.73. The van der Waals surface area contributed by atoms with Crippen LogP contribution in [0, 0.1) is 0 Å². The van der Waals surface area contributed by atoms with E-state index in [-0.39, 0.29) is 18.4 Å². The average Bonchev–Trinajstić information content (AvgIpc) is 2.70. The predicted molar refractivity (Wildman–Crippen MR) is 102 cm³/mol. The Morgan fingerprint density at radius 2 is 1.74 bits per heavy atom. The summed E-state index contributed by atoms with van der Waals surface area (Å²) in [6, 6.07) is 11.5. The highest BCUT2D eigenvalue weighted by Crippen LogP contribution is 2.16. The summed E-state index contributed by atoms with van der Waals surface area (Å²) >= 11 is 0. The van der Waals surface area contributed by atoms with Crippen LogP contribution in [0.5, 0.6) is 5.75 Å². The summed E-state index contributed by atoms with van der Waals surface area (Å²) in [5, 5.41) is 0. The van der Waals surface area contributed by atoms with Gasteiger partial charge in [-0.2, -0.15) is 0 Å². The number of carbonyl (C=O) groups is 2. The highest BCUT2D eigenvalue weighted by atomic mass is 16.5. The highest BCUT2D eigenvalue weighted by Gasteiger charge is 2.23. The van der Waals surface area contributed by atoms with Gasteiger partial charge in [-0.25, -0.2) is 0 Å². The molecule has 0 radical (unpaired) electrons. The largest absolute Gasteiger partial charge is 0.497 e. The molecule has 3 rings (SSSR count). The predicted octanol–water partition coefficient (Wildman–Crippen LogP) is 2.63. The molecule has 142 valence electrons. The Bertz CT molecular complexity index is 762. The van der Waals surface area contributed by atoms with Gasteiger partial charge in [0.25, 0.3) is 0 Å². The van der Waals surface area contributed by atoms with Crippen molar-refractivity contribution in [3.63, 3.8) is 0 Å². The van der Waals surface area contributed by atoms with Crippen molar-refractivity contribution in [1.29, 1.82) is 0 Å². The molecule has 1 aromatic heterocycles. The number of piperidine rings is 1. The van der Waals surface area contributed by atoms with E-state index < -0.39 is 0 Å². The van der Waals surface area contributed by atoms with Crippen molar-refractivity contribution in [2.45, 2.75) is 32.4 Å². The van der Waals surface area contributed by atoms with E-state index in [2.05, 4.69) is 4.98 Å². The summed E-state index contributed by atoms with van der Waals surface area (Å²) in [6.07, 6.45) is 5.85. The quantitative estimate of drug-likeness (QED) is 0.755. The Hall–Kier alpha value is -2.89. The molecule has 1 fully saturated rings. The molecule has 0 unspecified atom stereocenters. The van der Waals surface area contributed by atoms with Gasteiger partial charge in [-0.3, -0.25) is 14.6 Å². The second-order valence-electron chi connectivity index (χ2n) is 6.73. The van der Waals surface area contributed by atoms with Crippen LogP contribution in [0.4, 0.5) is 0 Å². The van der Waals surface area contributed by atoms with Crippen molar-refractivity contribution in [3.05, 3.63) is 59.9 Å². The average molecular weight is 367 g/mol. The number of aromatic nitrogens is 1. The number of ether oxygens (including phenoxy) is 1. The van der Waals surface area contributed by atoms with Crippen molar-refractivity contribution in [2.24, 2.45) is 0 Å². The lowest BCUT2D eigenvalue weighted by Crippen LogP contribution is -2.44. The summed E-state index contributed by atoms with van der Waals surface area (Å²) in [6.45, 7) is 1.76. The number of benzene rings is 1. The molecule has 1 aliphatic rings. The minimum atomic E-state index is -0.0436. The third kappa shape index (κ3) is 5.29. The van der Waals surface area contributed by atoms with E-state index in [1.54, 1.807) is 29.3 Å². The molecule has 0 N–H and O–H groups in total. The van der Waals surface area contributed by atoms with E-state index >= 15 is 0 Å². The molecule has 1 aliphatic heterocycles. The van der Waals surface area contributed by atoms with Crippen LogP contribution >= 0.6 is 0 Å². The van der Waals surface area contributed by atoms with Crippen molar-refractivity contribution in [1.82, 2.24) is 14.8 Å². The normalized spacial score (nSPS) is 14.1. The van der Waals surface area contributed by atoms with Crippen LogP contribution in [-0.2, 0) is 22.7 Å². The first-order chi connectivity index (χ1) is 13.2. The van der Waals surface area contributed by atoms with Gasteiger partial charge in [0.1, 0.15) is 5.75 Å². The number of hydrogen-bond acceptors (Lipinski definition) is 4. The van der Waals surface area contributed by atoms with Gasteiger partial charge in [-0.1, -0.05) is 12.1 Å². The third-order valence-corrected chi connectivity index (χ3v) is 4.76. The van der Waals surface area contributed by atoms with Gasteiger partial charge in [0.05, 0.1) is 13.7 Å². The van der Waals surface area contributed by atoms with Gasteiger partial charge in [-0.05, 0) is 48.2 Å². The van der Waals surface area contributed by atoms with Crippen LogP contribution in [0.25, 0.3) is 0 Å². The van der Waals surface area contributed by atoms with Gasteiger partial charge >= 0.3 is 0 Å². The van der Waals surface area contributed by atoms with E-state index in [1.807, 2.05) is 36.4 Å². The molecule has 27 heavy (non-hydrogen) atoms. The molecule has 2 amide bonds. The minimum Gasteiger partial charge on any atom is -0.497 e. The molecule has 0 saturated carbocycles. The number of pyridine rings is 1. The summed E-state index contributed by atoms with van der Waals surface area (Å²) < 4.78 is 5.20.